The van der Waals surface area contributed by atoms with Crippen LogP contribution < -0.4 is 9.64 Å². The maximum atomic E-state index is 5.47. The summed E-state index contributed by atoms with van der Waals surface area (Å²) in [5.41, 5.74) is 1.38. The van der Waals surface area contributed by atoms with Gasteiger partial charge in [-0.3, -0.25) is 4.90 Å². The third kappa shape index (κ3) is 2.41. The second-order valence-electron chi connectivity index (χ2n) is 7.44. The Morgan fingerprint density at radius 1 is 1.04 bits per heavy atom. The van der Waals surface area contributed by atoms with Gasteiger partial charge in [0.05, 0.1) is 13.2 Å². The fourth-order valence-electron chi connectivity index (χ4n) is 5.26. The molecule has 130 valence electrons. The van der Waals surface area contributed by atoms with E-state index in [9.17, 15) is 0 Å². The number of ether oxygens (including phenoxy) is 1. The molecule has 0 amide bonds. The third-order valence-electron chi connectivity index (χ3n) is 6.33. The molecule has 1 aromatic carbocycles. The summed E-state index contributed by atoms with van der Waals surface area (Å²) in [5, 5.41) is 0. The maximum Gasteiger partial charge on any atom is 0.225 e. The van der Waals surface area contributed by atoms with Gasteiger partial charge in [-0.25, -0.2) is 9.97 Å². The number of anilines is 1. The Morgan fingerprint density at radius 2 is 1.84 bits per heavy atom. The van der Waals surface area contributed by atoms with Crippen LogP contribution in [0.2, 0.25) is 0 Å². The van der Waals surface area contributed by atoms with Crippen molar-refractivity contribution in [1.82, 2.24) is 14.9 Å². The van der Waals surface area contributed by atoms with E-state index in [1.54, 1.807) is 7.11 Å². The van der Waals surface area contributed by atoms with Crippen LogP contribution in [0.5, 0.6) is 5.75 Å². The Balaban J connectivity index is 1.56. The van der Waals surface area contributed by atoms with Crippen molar-refractivity contribution >= 4 is 5.95 Å². The molecule has 0 unspecified atom stereocenters. The summed E-state index contributed by atoms with van der Waals surface area (Å²) in [6, 6.07) is 11.6. The molecule has 0 N–H and O–H groups in total. The van der Waals surface area contributed by atoms with E-state index in [1.807, 2.05) is 24.5 Å². The number of benzene rings is 1. The minimum absolute atomic E-state index is 0.479. The van der Waals surface area contributed by atoms with Crippen LogP contribution in [-0.2, 0) is 0 Å². The van der Waals surface area contributed by atoms with E-state index < -0.39 is 0 Å². The molecule has 4 fully saturated rings. The van der Waals surface area contributed by atoms with Crippen molar-refractivity contribution < 1.29 is 4.74 Å². The van der Waals surface area contributed by atoms with E-state index in [1.165, 1.54) is 31.5 Å². The van der Waals surface area contributed by atoms with Crippen molar-refractivity contribution in [2.75, 3.05) is 31.6 Å². The van der Waals surface area contributed by atoms with Crippen molar-refractivity contribution in [2.45, 2.75) is 30.8 Å². The zero-order valence-electron chi connectivity index (χ0n) is 14.6. The summed E-state index contributed by atoms with van der Waals surface area (Å²) >= 11 is 0. The molecule has 1 aromatic heterocycles. The molecule has 6 rings (SSSR count). The Morgan fingerprint density at radius 3 is 2.60 bits per heavy atom. The minimum atomic E-state index is 0.479. The molecule has 0 radical (unpaired) electrons. The molecule has 4 aliphatic rings. The van der Waals surface area contributed by atoms with Gasteiger partial charge in [-0.2, -0.15) is 0 Å². The summed E-state index contributed by atoms with van der Waals surface area (Å²) in [5.74, 6) is 3.07. The lowest BCUT2D eigenvalue weighted by molar-refractivity contribution is 0.0353. The number of methoxy groups -OCH3 is 1. The average Bonchev–Trinajstić information content (AvgIpc) is 3.12. The highest BCUT2D eigenvalue weighted by atomic mass is 16.5. The molecule has 5 heterocycles. The first-order valence-corrected chi connectivity index (χ1v) is 9.27. The van der Waals surface area contributed by atoms with Crippen LogP contribution in [0.3, 0.4) is 0 Å². The minimum Gasteiger partial charge on any atom is -0.497 e. The zero-order chi connectivity index (χ0) is 16.8. The zero-order valence-corrected chi connectivity index (χ0v) is 14.6. The van der Waals surface area contributed by atoms with E-state index in [-0.39, 0.29) is 0 Å². The van der Waals surface area contributed by atoms with Crippen LogP contribution in [0.4, 0.5) is 5.95 Å². The Labute approximate surface area is 148 Å². The molecular weight excluding hydrogens is 312 g/mol. The lowest BCUT2D eigenvalue weighted by atomic mass is 9.75. The van der Waals surface area contributed by atoms with Crippen LogP contribution in [0.15, 0.2) is 42.7 Å². The lowest BCUT2D eigenvalue weighted by Gasteiger charge is -2.51. The van der Waals surface area contributed by atoms with Gasteiger partial charge in [0.25, 0.3) is 0 Å². The van der Waals surface area contributed by atoms with Crippen molar-refractivity contribution in [3.05, 3.63) is 48.3 Å². The number of fused-ring (bicyclic) bond motifs is 2. The summed E-state index contributed by atoms with van der Waals surface area (Å²) in [6.45, 7) is 3.45. The molecule has 5 nitrogen and oxygen atoms in total. The standard InChI is InChI=1S/C20H24N4O/c1-25-16-5-2-4-15(12-16)17-13-24(20-21-8-3-9-22-20)18-14-6-10-23(11-7-14)19(17)18/h2-5,8-9,12,14,17-19H,6-7,10-11,13H2,1H3/t17-,18+,19+/m0/s1. The van der Waals surface area contributed by atoms with Gasteiger partial charge in [-0.15, -0.1) is 0 Å². The average molecular weight is 336 g/mol. The predicted octanol–water partition coefficient (Wildman–Crippen LogP) is 2.55. The first-order valence-electron chi connectivity index (χ1n) is 9.27. The third-order valence-corrected chi connectivity index (χ3v) is 6.33. The van der Waals surface area contributed by atoms with Gasteiger partial charge in [-0.05, 0) is 55.6 Å². The number of rotatable bonds is 3. The van der Waals surface area contributed by atoms with Crippen molar-refractivity contribution in [3.8, 4) is 5.75 Å². The van der Waals surface area contributed by atoms with E-state index in [0.717, 1.165) is 24.2 Å². The Kier molecular flexibility index (Phi) is 3.63. The Hall–Kier alpha value is -2.14. The summed E-state index contributed by atoms with van der Waals surface area (Å²) in [4.78, 5) is 14.3. The first-order chi connectivity index (χ1) is 12.3. The maximum absolute atomic E-state index is 5.47. The van der Waals surface area contributed by atoms with E-state index in [4.69, 9.17) is 4.74 Å². The smallest absolute Gasteiger partial charge is 0.225 e. The van der Waals surface area contributed by atoms with Crippen LogP contribution >= 0.6 is 0 Å². The van der Waals surface area contributed by atoms with Crippen molar-refractivity contribution in [1.29, 1.82) is 0 Å². The topological polar surface area (TPSA) is 41.5 Å². The second kappa shape index (κ2) is 5.99. The number of hydrogen-bond acceptors (Lipinski definition) is 5. The van der Waals surface area contributed by atoms with Gasteiger partial charge >= 0.3 is 0 Å². The van der Waals surface area contributed by atoms with Gasteiger partial charge in [0.1, 0.15) is 5.75 Å². The summed E-state index contributed by atoms with van der Waals surface area (Å²) in [6.07, 6.45) is 6.32. The van der Waals surface area contributed by atoms with Crippen LogP contribution in [-0.4, -0.2) is 53.7 Å². The van der Waals surface area contributed by atoms with Crippen LogP contribution in [0.25, 0.3) is 0 Å². The molecule has 5 heteroatoms. The van der Waals surface area contributed by atoms with Crippen LogP contribution in [0, 0.1) is 5.92 Å². The molecule has 25 heavy (non-hydrogen) atoms. The SMILES string of the molecule is COc1cccc([C@@H]2CN(c3ncccn3)[C@@H]3C4CCN(CC4)[C@@H]32)c1. The van der Waals surface area contributed by atoms with E-state index in [2.05, 4.69) is 38.0 Å². The fourth-order valence-corrected chi connectivity index (χ4v) is 5.26. The number of piperidine rings is 3. The molecule has 0 aliphatic carbocycles. The quantitative estimate of drug-likeness (QED) is 0.862. The van der Waals surface area contributed by atoms with Gasteiger partial charge in [0, 0.05) is 30.9 Å². The summed E-state index contributed by atoms with van der Waals surface area (Å²) < 4.78 is 5.47. The second-order valence-corrected chi connectivity index (χ2v) is 7.44. The van der Waals surface area contributed by atoms with E-state index in [0.29, 0.717) is 18.0 Å². The van der Waals surface area contributed by atoms with Crippen molar-refractivity contribution in [2.24, 2.45) is 5.92 Å². The summed E-state index contributed by atoms with van der Waals surface area (Å²) in [7, 11) is 1.74. The fraction of sp³-hybridized carbons (Fsp3) is 0.500. The molecule has 0 spiro atoms. The predicted molar refractivity (Wildman–Crippen MR) is 97.0 cm³/mol. The molecule has 2 bridgehead atoms. The highest BCUT2D eigenvalue weighted by Crippen LogP contribution is 2.47. The molecule has 3 atom stereocenters. The molecule has 0 saturated carbocycles. The number of hydrogen-bond donors (Lipinski definition) is 0. The van der Waals surface area contributed by atoms with Gasteiger partial charge < -0.3 is 9.64 Å². The van der Waals surface area contributed by atoms with Gasteiger partial charge in [-0.1, -0.05) is 12.1 Å². The van der Waals surface area contributed by atoms with Crippen LogP contribution in [0.1, 0.15) is 24.3 Å². The largest absolute Gasteiger partial charge is 0.497 e. The van der Waals surface area contributed by atoms with Gasteiger partial charge in [0.15, 0.2) is 0 Å². The van der Waals surface area contributed by atoms with E-state index >= 15 is 0 Å². The molecule has 4 aliphatic heterocycles. The number of nitrogens with zero attached hydrogens (tertiary/aromatic N) is 4. The van der Waals surface area contributed by atoms with Crippen molar-refractivity contribution in [3.63, 3.8) is 0 Å². The molecule has 2 aromatic rings. The normalized spacial score (nSPS) is 33.3. The number of aromatic nitrogens is 2. The molecular formula is C20H24N4O. The first kappa shape index (κ1) is 15.1. The Bertz CT molecular complexity index is 744. The highest BCUT2D eigenvalue weighted by Gasteiger charge is 2.54. The lowest BCUT2D eigenvalue weighted by Crippen LogP contribution is -2.60. The van der Waals surface area contributed by atoms with Gasteiger partial charge in [0.2, 0.25) is 5.95 Å². The monoisotopic (exact) mass is 336 g/mol. The highest BCUT2D eigenvalue weighted by molar-refractivity contribution is 5.43. The molecule has 4 saturated heterocycles.